The first kappa shape index (κ1) is 12.4. The molecule has 0 amide bonds. The molecule has 3 rings (SSSR count). The fraction of sp³-hybridized carbons (Fsp3) is 0.643. The largest absolute Gasteiger partial charge is 0.374 e. The highest BCUT2D eigenvalue weighted by molar-refractivity contribution is 9.10. The van der Waals surface area contributed by atoms with E-state index in [1.165, 1.54) is 31.2 Å². The minimum absolute atomic E-state index is 0.414. The highest BCUT2D eigenvalue weighted by atomic mass is 79.9. The quantitative estimate of drug-likeness (QED) is 0.796. The summed E-state index contributed by atoms with van der Waals surface area (Å²) in [4.78, 5) is 7.08. The molecule has 1 saturated heterocycles. The standard InChI is InChI=1S/C14H19BrN2O/c1-10-8-11(15)9-16-14(10)17-6-7-18-13-5-3-2-4-12(13)17/h8-9,12-13H,2-7H2,1H3. The zero-order chi connectivity index (χ0) is 12.5. The number of nitrogens with zero attached hydrogens (tertiary/aromatic N) is 2. The van der Waals surface area contributed by atoms with E-state index >= 15 is 0 Å². The van der Waals surface area contributed by atoms with E-state index in [1.807, 2.05) is 6.20 Å². The molecular formula is C14H19BrN2O. The van der Waals surface area contributed by atoms with Crippen LogP contribution in [0.1, 0.15) is 31.2 Å². The SMILES string of the molecule is Cc1cc(Br)cnc1N1CCOC2CCCCC21. The summed E-state index contributed by atoms with van der Waals surface area (Å²) >= 11 is 3.48. The Bertz CT molecular complexity index is 436. The second-order valence-electron chi connectivity index (χ2n) is 5.25. The first-order valence-electron chi connectivity index (χ1n) is 6.76. The Labute approximate surface area is 117 Å². The highest BCUT2D eigenvalue weighted by Gasteiger charge is 2.35. The Morgan fingerprint density at radius 1 is 1.39 bits per heavy atom. The zero-order valence-electron chi connectivity index (χ0n) is 10.7. The van der Waals surface area contributed by atoms with Gasteiger partial charge in [-0.15, -0.1) is 0 Å². The van der Waals surface area contributed by atoms with E-state index in [1.54, 1.807) is 0 Å². The minimum atomic E-state index is 0.414. The molecule has 2 aliphatic rings. The van der Waals surface area contributed by atoms with Gasteiger partial charge in [0, 0.05) is 17.2 Å². The molecule has 2 unspecified atom stereocenters. The lowest BCUT2D eigenvalue weighted by atomic mass is 9.90. The van der Waals surface area contributed by atoms with Crippen molar-refractivity contribution in [2.45, 2.75) is 44.8 Å². The van der Waals surface area contributed by atoms with Gasteiger partial charge in [-0.2, -0.15) is 0 Å². The average Bonchev–Trinajstić information content (AvgIpc) is 2.38. The maximum Gasteiger partial charge on any atom is 0.131 e. The molecule has 0 aromatic carbocycles. The lowest BCUT2D eigenvalue weighted by Gasteiger charge is -2.44. The number of anilines is 1. The van der Waals surface area contributed by atoms with E-state index in [2.05, 4.69) is 38.8 Å². The third-order valence-corrected chi connectivity index (χ3v) is 4.46. The third-order valence-electron chi connectivity index (χ3n) is 4.02. The van der Waals surface area contributed by atoms with Gasteiger partial charge in [0.25, 0.3) is 0 Å². The molecule has 1 aromatic rings. The molecule has 0 N–H and O–H groups in total. The molecule has 0 radical (unpaired) electrons. The molecule has 2 heterocycles. The van der Waals surface area contributed by atoms with E-state index < -0.39 is 0 Å². The normalized spacial score (nSPS) is 28.0. The predicted octanol–water partition coefficient (Wildman–Crippen LogP) is 3.30. The van der Waals surface area contributed by atoms with Crippen LogP contribution in [0.5, 0.6) is 0 Å². The van der Waals surface area contributed by atoms with Crippen LogP contribution >= 0.6 is 15.9 Å². The van der Waals surface area contributed by atoms with Crippen molar-refractivity contribution in [2.75, 3.05) is 18.1 Å². The van der Waals surface area contributed by atoms with Gasteiger partial charge < -0.3 is 9.64 Å². The van der Waals surface area contributed by atoms with Crippen LogP contribution in [0.25, 0.3) is 0 Å². The second kappa shape index (κ2) is 5.17. The molecule has 4 heteroatoms. The summed E-state index contributed by atoms with van der Waals surface area (Å²) < 4.78 is 6.97. The van der Waals surface area contributed by atoms with E-state index in [4.69, 9.17) is 4.74 Å². The zero-order valence-corrected chi connectivity index (χ0v) is 12.3. The van der Waals surface area contributed by atoms with Gasteiger partial charge in [-0.25, -0.2) is 4.98 Å². The number of aryl methyl sites for hydroxylation is 1. The van der Waals surface area contributed by atoms with Crippen LogP contribution in [-0.2, 0) is 4.74 Å². The van der Waals surface area contributed by atoms with Gasteiger partial charge in [-0.1, -0.05) is 12.8 Å². The summed E-state index contributed by atoms with van der Waals surface area (Å²) in [5, 5.41) is 0. The Hall–Kier alpha value is -0.610. The van der Waals surface area contributed by atoms with Crippen LogP contribution < -0.4 is 4.90 Å². The van der Waals surface area contributed by atoms with E-state index in [0.29, 0.717) is 12.1 Å². The summed E-state index contributed by atoms with van der Waals surface area (Å²) in [6.45, 7) is 3.94. The second-order valence-corrected chi connectivity index (χ2v) is 6.16. The fourth-order valence-corrected chi connectivity index (χ4v) is 3.64. The van der Waals surface area contributed by atoms with Crippen molar-refractivity contribution in [3.8, 4) is 0 Å². The van der Waals surface area contributed by atoms with Crippen molar-refractivity contribution in [2.24, 2.45) is 0 Å². The fourth-order valence-electron chi connectivity index (χ4n) is 3.19. The lowest BCUT2D eigenvalue weighted by Crippen LogP contribution is -2.53. The number of hydrogen-bond acceptors (Lipinski definition) is 3. The first-order chi connectivity index (χ1) is 8.75. The summed E-state index contributed by atoms with van der Waals surface area (Å²) in [6.07, 6.45) is 7.38. The molecular weight excluding hydrogens is 292 g/mol. The molecule has 0 bridgehead atoms. The van der Waals surface area contributed by atoms with Crippen molar-refractivity contribution in [1.29, 1.82) is 0 Å². The van der Waals surface area contributed by atoms with Crippen LogP contribution in [-0.4, -0.2) is 30.3 Å². The van der Waals surface area contributed by atoms with Crippen LogP contribution in [0, 0.1) is 6.92 Å². The molecule has 1 aliphatic heterocycles. The Kier molecular flexibility index (Phi) is 3.57. The summed E-state index contributed by atoms with van der Waals surface area (Å²) in [5.41, 5.74) is 1.25. The number of fused-ring (bicyclic) bond motifs is 1. The molecule has 2 fully saturated rings. The van der Waals surface area contributed by atoms with Crippen LogP contribution in [0.4, 0.5) is 5.82 Å². The summed E-state index contributed by atoms with van der Waals surface area (Å²) in [7, 11) is 0. The van der Waals surface area contributed by atoms with Gasteiger partial charge >= 0.3 is 0 Å². The average molecular weight is 311 g/mol. The van der Waals surface area contributed by atoms with Crippen molar-refractivity contribution in [3.05, 3.63) is 22.3 Å². The van der Waals surface area contributed by atoms with Gasteiger partial charge in [0.1, 0.15) is 5.82 Å². The van der Waals surface area contributed by atoms with Gasteiger partial charge in [-0.3, -0.25) is 0 Å². The summed E-state index contributed by atoms with van der Waals surface area (Å²) in [6, 6.07) is 2.68. The highest BCUT2D eigenvalue weighted by Crippen LogP contribution is 2.32. The molecule has 98 valence electrons. The van der Waals surface area contributed by atoms with Crippen molar-refractivity contribution in [1.82, 2.24) is 4.98 Å². The Balaban J connectivity index is 1.89. The van der Waals surface area contributed by atoms with Crippen molar-refractivity contribution < 1.29 is 4.74 Å². The molecule has 1 aliphatic carbocycles. The Morgan fingerprint density at radius 2 is 2.22 bits per heavy atom. The number of hydrogen-bond donors (Lipinski definition) is 0. The first-order valence-corrected chi connectivity index (χ1v) is 7.55. The minimum Gasteiger partial charge on any atom is -0.374 e. The number of halogens is 1. The van der Waals surface area contributed by atoms with Crippen molar-refractivity contribution >= 4 is 21.7 Å². The van der Waals surface area contributed by atoms with Gasteiger partial charge in [0.2, 0.25) is 0 Å². The molecule has 1 aromatic heterocycles. The monoisotopic (exact) mass is 310 g/mol. The number of ether oxygens (including phenoxy) is 1. The number of pyridine rings is 1. The van der Waals surface area contributed by atoms with Crippen LogP contribution in [0.15, 0.2) is 16.7 Å². The topological polar surface area (TPSA) is 25.4 Å². The number of aromatic nitrogens is 1. The molecule has 2 atom stereocenters. The smallest absolute Gasteiger partial charge is 0.131 e. The lowest BCUT2D eigenvalue weighted by molar-refractivity contribution is -0.00903. The number of morpholine rings is 1. The van der Waals surface area contributed by atoms with Crippen molar-refractivity contribution in [3.63, 3.8) is 0 Å². The predicted molar refractivity (Wildman–Crippen MR) is 76.0 cm³/mol. The van der Waals surface area contributed by atoms with E-state index in [9.17, 15) is 0 Å². The van der Waals surface area contributed by atoms with Crippen LogP contribution in [0.2, 0.25) is 0 Å². The van der Waals surface area contributed by atoms with Gasteiger partial charge in [0.05, 0.1) is 18.8 Å². The number of rotatable bonds is 1. The maximum atomic E-state index is 5.92. The molecule has 3 nitrogen and oxygen atoms in total. The molecule has 1 saturated carbocycles. The maximum absolute atomic E-state index is 5.92. The van der Waals surface area contributed by atoms with E-state index in [0.717, 1.165) is 23.4 Å². The summed E-state index contributed by atoms with van der Waals surface area (Å²) in [5.74, 6) is 1.14. The molecule has 18 heavy (non-hydrogen) atoms. The van der Waals surface area contributed by atoms with Gasteiger partial charge in [0.15, 0.2) is 0 Å². The third kappa shape index (κ3) is 2.28. The van der Waals surface area contributed by atoms with Gasteiger partial charge in [-0.05, 0) is 47.3 Å². The Morgan fingerprint density at radius 3 is 3.06 bits per heavy atom. The van der Waals surface area contributed by atoms with Crippen LogP contribution in [0.3, 0.4) is 0 Å². The van der Waals surface area contributed by atoms with E-state index in [-0.39, 0.29) is 0 Å². The molecule has 0 spiro atoms.